The minimum atomic E-state index is -0.840. The van der Waals surface area contributed by atoms with Crippen LogP contribution in [0.3, 0.4) is 0 Å². The first-order chi connectivity index (χ1) is 7.68. The lowest BCUT2D eigenvalue weighted by Crippen LogP contribution is -2.40. The Bertz CT molecular complexity index is 378. The van der Waals surface area contributed by atoms with E-state index in [0.29, 0.717) is 25.9 Å². The third kappa shape index (κ3) is 2.31. The summed E-state index contributed by atoms with van der Waals surface area (Å²) in [5, 5.41) is 13.0. The fraction of sp³-hybridized carbons (Fsp3) is 0.455. The summed E-state index contributed by atoms with van der Waals surface area (Å²) in [6.45, 7) is 1.09. The van der Waals surface area contributed by atoms with Crippen LogP contribution in [-0.2, 0) is 9.59 Å². The predicted molar refractivity (Wildman–Crippen MR) is 60.5 cm³/mol. The van der Waals surface area contributed by atoms with Gasteiger partial charge in [0.2, 0.25) is 0 Å². The predicted octanol–water partition coefficient (Wildman–Crippen LogP) is 1.54. The first-order valence-corrected chi connectivity index (χ1v) is 6.13. The fourth-order valence-corrected chi connectivity index (χ4v) is 2.65. The van der Waals surface area contributed by atoms with Gasteiger partial charge in [-0.25, -0.2) is 0 Å². The summed E-state index contributed by atoms with van der Waals surface area (Å²) in [7, 11) is 0. The van der Waals surface area contributed by atoms with E-state index in [0.717, 1.165) is 5.56 Å². The molecule has 0 spiro atoms. The number of rotatable bonds is 3. The highest BCUT2D eigenvalue weighted by atomic mass is 32.1. The van der Waals surface area contributed by atoms with Crippen molar-refractivity contribution in [2.24, 2.45) is 0 Å². The molecule has 0 aromatic carbocycles. The third-order valence-electron chi connectivity index (χ3n) is 2.81. The van der Waals surface area contributed by atoms with Crippen molar-refractivity contribution in [2.45, 2.75) is 18.9 Å². The summed E-state index contributed by atoms with van der Waals surface area (Å²) in [5.74, 6) is -0.613. The van der Waals surface area contributed by atoms with Crippen molar-refractivity contribution in [3.63, 3.8) is 0 Å². The van der Waals surface area contributed by atoms with Crippen molar-refractivity contribution in [3.8, 4) is 0 Å². The van der Waals surface area contributed by atoms with Gasteiger partial charge < -0.3 is 5.11 Å². The van der Waals surface area contributed by atoms with E-state index >= 15 is 0 Å². The normalized spacial score (nSPS) is 19.6. The van der Waals surface area contributed by atoms with E-state index < -0.39 is 12.0 Å². The maximum absolute atomic E-state index is 11.3. The Morgan fingerprint density at radius 2 is 2.12 bits per heavy atom. The smallest absolute Gasteiger partial charge is 0.325 e. The summed E-state index contributed by atoms with van der Waals surface area (Å²) in [6, 6.07) is 1.24. The zero-order valence-electron chi connectivity index (χ0n) is 8.76. The summed E-state index contributed by atoms with van der Waals surface area (Å²) in [5.41, 5.74) is 0.812. The van der Waals surface area contributed by atoms with E-state index in [1.165, 1.54) is 11.3 Å². The van der Waals surface area contributed by atoms with Gasteiger partial charge in [-0.3, -0.25) is 14.5 Å². The molecule has 16 heavy (non-hydrogen) atoms. The molecular weight excluding hydrogens is 226 g/mol. The molecule has 2 rings (SSSR count). The number of ketones is 1. The van der Waals surface area contributed by atoms with Gasteiger partial charge >= 0.3 is 5.97 Å². The van der Waals surface area contributed by atoms with E-state index in [9.17, 15) is 14.7 Å². The molecule has 0 bridgehead atoms. The van der Waals surface area contributed by atoms with E-state index in [4.69, 9.17) is 0 Å². The Kier molecular flexibility index (Phi) is 3.36. The van der Waals surface area contributed by atoms with Crippen LogP contribution in [0.5, 0.6) is 0 Å². The topological polar surface area (TPSA) is 57.6 Å². The summed E-state index contributed by atoms with van der Waals surface area (Å²) in [6.07, 6.45) is 0.932. The quantitative estimate of drug-likeness (QED) is 0.869. The Balaban J connectivity index is 2.14. The van der Waals surface area contributed by atoms with Crippen LogP contribution in [0, 0.1) is 0 Å². The number of nitrogens with zero attached hydrogens (tertiary/aromatic N) is 1. The van der Waals surface area contributed by atoms with Gasteiger partial charge in [0.25, 0.3) is 0 Å². The molecule has 86 valence electrons. The maximum Gasteiger partial charge on any atom is 0.325 e. The zero-order valence-corrected chi connectivity index (χ0v) is 9.57. The first kappa shape index (κ1) is 11.3. The molecule has 1 unspecified atom stereocenters. The van der Waals surface area contributed by atoms with Crippen LogP contribution in [0.4, 0.5) is 0 Å². The number of likely N-dealkylation sites (tertiary alicyclic amines) is 1. The number of hydrogen-bond acceptors (Lipinski definition) is 4. The molecule has 0 saturated carbocycles. The number of aliphatic carboxylic acids is 1. The van der Waals surface area contributed by atoms with Gasteiger partial charge in [0.05, 0.1) is 0 Å². The van der Waals surface area contributed by atoms with Crippen molar-refractivity contribution in [1.82, 2.24) is 4.90 Å². The molecule has 1 N–H and O–H groups in total. The molecule has 1 aliphatic rings. The second-order valence-corrected chi connectivity index (χ2v) is 4.65. The highest BCUT2D eigenvalue weighted by molar-refractivity contribution is 7.08. The van der Waals surface area contributed by atoms with Gasteiger partial charge in [0.15, 0.2) is 0 Å². The Labute approximate surface area is 97.5 Å². The van der Waals surface area contributed by atoms with Gasteiger partial charge in [0, 0.05) is 25.9 Å². The minimum Gasteiger partial charge on any atom is -0.480 e. The number of carbonyl (C=O) groups excluding carboxylic acids is 1. The fourth-order valence-electron chi connectivity index (χ4n) is 1.97. The van der Waals surface area contributed by atoms with E-state index in [1.807, 2.05) is 21.7 Å². The molecule has 1 fully saturated rings. The molecular formula is C11H13NO3S. The lowest BCUT2D eigenvalue weighted by atomic mass is 10.0. The average Bonchev–Trinajstić information content (AvgIpc) is 2.74. The molecule has 5 heteroatoms. The number of thiophene rings is 1. The number of hydrogen-bond donors (Lipinski definition) is 1. The number of carbonyl (C=O) groups is 2. The van der Waals surface area contributed by atoms with Crippen LogP contribution in [-0.4, -0.2) is 34.8 Å². The van der Waals surface area contributed by atoms with Gasteiger partial charge in [-0.2, -0.15) is 11.3 Å². The van der Waals surface area contributed by atoms with Crippen LogP contribution < -0.4 is 0 Å². The standard InChI is InChI=1S/C11H13NO3S/c13-9-1-4-12(5-2-9)10(11(14)15)8-3-6-16-7-8/h3,6-7,10H,1-2,4-5H2,(H,14,15). The largest absolute Gasteiger partial charge is 0.480 e. The molecule has 1 saturated heterocycles. The second kappa shape index (κ2) is 4.76. The van der Waals surface area contributed by atoms with Crippen molar-refractivity contribution in [2.75, 3.05) is 13.1 Å². The SMILES string of the molecule is O=C1CCN(C(C(=O)O)c2ccsc2)CC1. The maximum atomic E-state index is 11.3. The van der Waals surface area contributed by atoms with Crippen molar-refractivity contribution >= 4 is 23.1 Å². The zero-order chi connectivity index (χ0) is 11.5. The van der Waals surface area contributed by atoms with Gasteiger partial charge in [-0.15, -0.1) is 0 Å². The van der Waals surface area contributed by atoms with Crippen LogP contribution in [0.2, 0.25) is 0 Å². The van der Waals surface area contributed by atoms with Gasteiger partial charge in [0.1, 0.15) is 11.8 Å². The first-order valence-electron chi connectivity index (χ1n) is 5.19. The summed E-state index contributed by atoms with van der Waals surface area (Å²) < 4.78 is 0. The highest BCUT2D eigenvalue weighted by Gasteiger charge is 2.30. The minimum absolute atomic E-state index is 0.228. The molecule has 4 nitrogen and oxygen atoms in total. The van der Waals surface area contributed by atoms with Gasteiger partial charge in [-0.05, 0) is 22.4 Å². The molecule has 1 aromatic rings. The average molecular weight is 239 g/mol. The Morgan fingerprint density at radius 3 is 2.62 bits per heavy atom. The highest BCUT2D eigenvalue weighted by Crippen LogP contribution is 2.25. The van der Waals surface area contributed by atoms with Crippen molar-refractivity contribution < 1.29 is 14.7 Å². The lowest BCUT2D eigenvalue weighted by molar-refractivity contribution is -0.145. The van der Waals surface area contributed by atoms with Crippen LogP contribution in [0.15, 0.2) is 16.8 Å². The molecule has 0 amide bonds. The van der Waals surface area contributed by atoms with Crippen molar-refractivity contribution in [3.05, 3.63) is 22.4 Å². The lowest BCUT2D eigenvalue weighted by Gasteiger charge is -2.31. The Hall–Kier alpha value is -1.20. The Morgan fingerprint density at radius 1 is 1.44 bits per heavy atom. The van der Waals surface area contributed by atoms with Gasteiger partial charge in [-0.1, -0.05) is 0 Å². The molecule has 0 aliphatic carbocycles. The monoisotopic (exact) mass is 239 g/mol. The van der Waals surface area contributed by atoms with Crippen LogP contribution in [0.25, 0.3) is 0 Å². The molecule has 1 aromatic heterocycles. The van der Waals surface area contributed by atoms with E-state index in [2.05, 4.69) is 0 Å². The number of carboxylic acids is 1. The summed E-state index contributed by atoms with van der Waals surface area (Å²) >= 11 is 1.49. The van der Waals surface area contributed by atoms with E-state index in [1.54, 1.807) is 0 Å². The number of piperidine rings is 1. The van der Waals surface area contributed by atoms with Crippen molar-refractivity contribution in [1.29, 1.82) is 0 Å². The molecule has 1 aliphatic heterocycles. The molecule has 1 atom stereocenters. The molecule has 2 heterocycles. The summed E-state index contributed by atoms with van der Waals surface area (Å²) in [4.78, 5) is 24.2. The van der Waals surface area contributed by atoms with E-state index in [-0.39, 0.29) is 5.78 Å². The van der Waals surface area contributed by atoms with Crippen LogP contribution in [0.1, 0.15) is 24.4 Å². The number of carboxylic acid groups (broad SMARTS) is 1. The molecule has 0 radical (unpaired) electrons. The third-order valence-corrected chi connectivity index (χ3v) is 3.52. The van der Waals surface area contributed by atoms with Crippen LogP contribution >= 0.6 is 11.3 Å². The second-order valence-electron chi connectivity index (χ2n) is 3.87. The number of Topliss-reactive ketones (excluding diaryl/α,β-unsaturated/α-hetero) is 1.